The van der Waals surface area contributed by atoms with Crippen LogP contribution in [0, 0.1) is 0 Å². The van der Waals surface area contributed by atoms with E-state index in [0.717, 1.165) is 51.4 Å². The first-order valence-corrected chi connectivity index (χ1v) is 23.2. The molecule has 2 unspecified atom stereocenters. The average molecular weight is 780 g/mol. The molecule has 0 rings (SSSR count). The van der Waals surface area contributed by atoms with Crippen molar-refractivity contribution in [3.8, 4) is 0 Å². The summed E-state index contributed by atoms with van der Waals surface area (Å²) in [5.74, 6) is -1.73. The number of carbonyl (C=O) groups excluding carboxylic acids is 3. The highest BCUT2D eigenvalue weighted by Crippen LogP contribution is 2.16. The van der Waals surface area contributed by atoms with Gasteiger partial charge in [-0.25, -0.2) is 0 Å². The Balaban J connectivity index is 4.25. The second-order valence-corrected chi connectivity index (χ2v) is 17.0. The van der Waals surface area contributed by atoms with Gasteiger partial charge in [-0.1, -0.05) is 174 Å². The van der Waals surface area contributed by atoms with Crippen molar-refractivity contribution in [1.29, 1.82) is 0 Å². The first kappa shape index (κ1) is 53.1. The van der Waals surface area contributed by atoms with Gasteiger partial charge in [-0.05, 0) is 38.5 Å². The lowest BCUT2D eigenvalue weighted by molar-refractivity contribution is -0.889. The number of hydrogen-bond acceptors (Lipinski definition) is 7. The zero-order valence-corrected chi connectivity index (χ0v) is 36.9. The quantitative estimate of drug-likeness (QED) is 0.0263. The molecule has 0 fully saturated rings. The Morgan fingerprint density at radius 2 is 0.909 bits per heavy atom. The Morgan fingerprint density at radius 3 is 1.35 bits per heavy atom. The molecular weight excluding hydrogens is 691 g/mol. The van der Waals surface area contributed by atoms with Gasteiger partial charge in [0.15, 0.2) is 6.10 Å². The number of nitrogens with zero attached hydrogens (tertiary/aromatic N) is 1. The second-order valence-electron chi connectivity index (χ2n) is 17.0. The van der Waals surface area contributed by atoms with E-state index in [0.29, 0.717) is 12.8 Å². The summed E-state index contributed by atoms with van der Waals surface area (Å²) in [6.07, 6.45) is 40.9. The molecule has 0 spiro atoms. The lowest BCUT2D eigenvalue weighted by Gasteiger charge is -2.34. The van der Waals surface area contributed by atoms with Crippen LogP contribution in [0.5, 0.6) is 0 Å². The van der Waals surface area contributed by atoms with E-state index in [9.17, 15) is 19.5 Å². The van der Waals surface area contributed by atoms with E-state index >= 15 is 0 Å². The van der Waals surface area contributed by atoms with Crippen LogP contribution >= 0.6 is 0 Å². The summed E-state index contributed by atoms with van der Waals surface area (Å²) in [5.41, 5.74) is 0. The van der Waals surface area contributed by atoms with E-state index in [4.69, 9.17) is 14.2 Å². The molecule has 8 heteroatoms. The number of carboxylic acids is 1. The van der Waals surface area contributed by atoms with Gasteiger partial charge < -0.3 is 28.6 Å². The average Bonchev–Trinajstić information content (AvgIpc) is 3.14. The predicted molar refractivity (Wildman–Crippen MR) is 227 cm³/mol. The highest BCUT2D eigenvalue weighted by Gasteiger charge is 2.25. The number of esters is 2. The molecule has 0 heterocycles. The van der Waals surface area contributed by atoms with Gasteiger partial charge in [0.05, 0.1) is 40.3 Å². The zero-order chi connectivity index (χ0) is 40.7. The highest BCUT2D eigenvalue weighted by molar-refractivity contribution is 5.70. The number of aliphatic carboxylic acids is 1. The zero-order valence-electron chi connectivity index (χ0n) is 36.9. The summed E-state index contributed by atoms with van der Waals surface area (Å²) >= 11 is 0. The van der Waals surface area contributed by atoms with Gasteiger partial charge in [0.25, 0.3) is 0 Å². The number of carboxylic acid groups (broad SMARTS) is 1. The molecule has 0 aromatic rings. The van der Waals surface area contributed by atoms with Gasteiger partial charge in [0.2, 0.25) is 0 Å². The van der Waals surface area contributed by atoms with Crippen LogP contribution in [0.1, 0.15) is 219 Å². The maximum Gasteiger partial charge on any atom is 0.306 e. The summed E-state index contributed by atoms with van der Waals surface area (Å²) in [6, 6.07) is -0.722. The molecular formula is C47H89NO7. The summed E-state index contributed by atoms with van der Waals surface area (Å²) in [5, 5.41) is 11.6. The standard InChI is InChI=1S/C47H89NO7/c1-6-8-10-12-14-16-18-20-21-22-23-24-25-26-28-30-32-34-36-38-46(50)55-43(41-53-40-39-44(47(51)52)48(3,4)5)42-54-45(49)37-35-33-31-29-27-19-17-15-13-11-9-7-2/h15,17,43-44H,6-14,16,18-42H2,1-5H3/b17-15+. The molecule has 324 valence electrons. The van der Waals surface area contributed by atoms with Gasteiger partial charge in [0.1, 0.15) is 12.6 Å². The summed E-state index contributed by atoms with van der Waals surface area (Å²) in [4.78, 5) is 36.8. The predicted octanol–water partition coefficient (Wildman–Crippen LogP) is 11.4. The minimum absolute atomic E-state index is 0.0438. The van der Waals surface area contributed by atoms with Crippen LogP contribution in [0.3, 0.4) is 0 Å². The van der Waals surface area contributed by atoms with Crippen LogP contribution in [-0.2, 0) is 28.6 Å². The van der Waals surface area contributed by atoms with Crippen molar-refractivity contribution in [3.05, 3.63) is 12.2 Å². The summed E-state index contributed by atoms with van der Waals surface area (Å²) < 4.78 is 17.2. The molecule has 0 saturated carbocycles. The van der Waals surface area contributed by atoms with Gasteiger partial charge in [-0.2, -0.15) is 0 Å². The topological polar surface area (TPSA) is 102 Å². The van der Waals surface area contributed by atoms with E-state index in [1.165, 1.54) is 135 Å². The van der Waals surface area contributed by atoms with Crippen LogP contribution in [0.4, 0.5) is 0 Å². The van der Waals surface area contributed by atoms with E-state index in [1.54, 1.807) is 21.1 Å². The van der Waals surface area contributed by atoms with Crippen LogP contribution in [0.25, 0.3) is 0 Å². The van der Waals surface area contributed by atoms with Gasteiger partial charge in [0, 0.05) is 19.3 Å². The molecule has 0 bridgehead atoms. The van der Waals surface area contributed by atoms with Crippen molar-refractivity contribution < 1.29 is 38.2 Å². The third kappa shape index (κ3) is 37.4. The third-order valence-electron chi connectivity index (χ3n) is 10.7. The molecule has 0 aliphatic carbocycles. The molecule has 0 aromatic carbocycles. The Hall–Kier alpha value is -1.93. The number of ether oxygens (including phenoxy) is 3. The minimum atomic E-state index is -1.12. The maximum atomic E-state index is 12.7. The SMILES string of the molecule is CCCCC/C=C/CCCCCCCC(=O)OCC(COCCC(C(=O)[O-])[N+](C)(C)C)OC(=O)CCCCCCCCCCCCCCCCCCCCC. The van der Waals surface area contributed by atoms with Crippen molar-refractivity contribution in [2.45, 2.75) is 231 Å². The van der Waals surface area contributed by atoms with Crippen molar-refractivity contribution in [2.24, 2.45) is 0 Å². The number of quaternary nitrogens is 1. The monoisotopic (exact) mass is 780 g/mol. The van der Waals surface area contributed by atoms with E-state index in [-0.39, 0.29) is 42.7 Å². The first-order chi connectivity index (χ1) is 26.6. The van der Waals surface area contributed by atoms with Crippen molar-refractivity contribution in [1.82, 2.24) is 0 Å². The fraction of sp³-hybridized carbons (Fsp3) is 0.894. The van der Waals surface area contributed by atoms with E-state index < -0.39 is 18.1 Å². The first-order valence-electron chi connectivity index (χ1n) is 23.2. The molecule has 55 heavy (non-hydrogen) atoms. The van der Waals surface area contributed by atoms with Crippen molar-refractivity contribution in [2.75, 3.05) is 41.0 Å². The largest absolute Gasteiger partial charge is 0.544 e. The Bertz CT molecular complexity index is 915. The number of unbranched alkanes of at least 4 members (excludes halogenated alkanes) is 26. The molecule has 0 aromatic heterocycles. The number of likely N-dealkylation sites (N-methyl/N-ethyl adjacent to an activating group) is 1. The number of allylic oxidation sites excluding steroid dienone is 2. The molecule has 0 saturated heterocycles. The molecule has 0 aliphatic rings. The Kier molecular flexibility index (Phi) is 37.6. The van der Waals surface area contributed by atoms with Crippen molar-refractivity contribution in [3.63, 3.8) is 0 Å². The smallest absolute Gasteiger partial charge is 0.306 e. The van der Waals surface area contributed by atoms with Gasteiger partial charge >= 0.3 is 11.9 Å². The minimum Gasteiger partial charge on any atom is -0.544 e. The Morgan fingerprint density at radius 1 is 0.527 bits per heavy atom. The molecule has 8 nitrogen and oxygen atoms in total. The van der Waals surface area contributed by atoms with Crippen LogP contribution in [0.15, 0.2) is 12.2 Å². The fourth-order valence-electron chi connectivity index (χ4n) is 7.01. The highest BCUT2D eigenvalue weighted by atomic mass is 16.6. The van der Waals surface area contributed by atoms with E-state index in [2.05, 4.69) is 26.0 Å². The molecule has 0 amide bonds. The molecule has 0 aliphatic heterocycles. The third-order valence-corrected chi connectivity index (χ3v) is 10.7. The van der Waals surface area contributed by atoms with Crippen LogP contribution < -0.4 is 5.11 Å². The van der Waals surface area contributed by atoms with Crippen molar-refractivity contribution >= 4 is 17.9 Å². The van der Waals surface area contributed by atoms with Crippen LogP contribution in [0.2, 0.25) is 0 Å². The second kappa shape index (κ2) is 38.9. The normalized spacial score (nSPS) is 13.0. The maximum absolute atomic E-state index is 12.7. The number of carbonyl (C=O) groups is 3. The van der Waals surface area contributed by atoms with Gasteiger partial charge in [-0.15, -0.1) is 0 Å². The van der Waals surface area contributed by atoms with Gasteiger partial charge in [-0.3, -0.25) is 9.59 Å². The molecule has 2 atom stereocenters. The lowest BCUT2D eigenvalue weighted by atomic mass is 10.0. The summed E-state index contributed by atoms with van der Waals surface area (Å²) in [6.45, 7) is 4.66. The molecule has 0 radical (unpaired) electrons. The lowest BCUT2D eigenvalue weighted by Crippen LogP contribution is -2.55. The Labute approximate surface area is 339 Å². The van der Waals surface area contributed by atoms with Crippen LogP contribution in [-0.4, -0.2) is 75.5 Å². The fourth-order valence-corrected chi connectivity index (χ4v) is 7.01. The molecule has 0 N–H and O–H groups in total. The number of hydrogen-bond donors (Lipinski definition) is 0. The number of rotatable bonds is 42. The summed E-state index contributed by atoms with van der Waals surface area (Å²) in [7, 11) is 5.41. The van der Waals surface area contributed by atoms with E-state index in [1.807, 2.05) is 0 Å².